The van der Waals surface area contributed by atoms with Crippen LogP contribution in [-0.4, -0.2) is 36.9 Å². The van der Waals surface area contributed by atoms with Crippen LogP contribution in [0.1, 0.15) is 28.4 Å². The molecular formula is C22H21FN6O2S. The molecule has 1 aliphatic heterocycles. The van der Waals surface area contributed by atoms with Crippen molar-refractivity contribution in [2.45, 2.75) is 18.8 Å². The van der Waals surface area contributed by atoms with Crippen LogP contribution in [0.3, 0.4) is 0 Å². The highest BCUT2D eigenvalue weighted by molar-refractivity contribution is 7.92. The van der Waals surface area contributed by atoms with Crippen molar-refractivity contribution in [2.75, 3.05) is 17.5 Å². The molecule has 32 heavy (non-hydrogen) atoms. The maximum atomic E-state index is 13.5. The number of benzene rings is 2. The molecule has 2 aromatic carbocycles. The summed E-state index contributed by atoms with van der Waals surface area (Å²) in [4.78, 5) is 8.95. The summed E-state index contributed by atoms with van der Waals surface area (Å²) in [5, 5.41) is 11.4. The lowest BCUT2D eigenvalue weighted by Crippen LogP contribution is -2.11. The van der Waals surface area contributed by atoms with E-state index in [2.05, 4.69) is 30.1 Å². The Bertz CT molecular complexity index is 1240. The highest BCUT2D eigenvalue weighted by Gasteiger charge is 2.17. The Labute approximate surface area is 185 Å². The third kappa shape index (κ3) is 5.79. The molecular weight excluding hydrogens is 431 g/mol. The summed E-state index contributed by atoms with van der Waals surface area (Å²) in [6.07, 6.45) is 5.74. The molecule has 0 amide bonds. The van der Waals surface area contributed by atoms with E-state index in [0.717, 1.165) is 28.7 Å². The molecule has 1 N–H and O–H groups in total. The summed E-state index contributed by atoms with van der Waals surface area (Å²) in [6, 6.07) is 13.6. The fourth-order valence-electron chi connectivity index (χ4n) is 3.44. The third-order valence-electron chi connectivity index (χ3n) is 5.00. The molecule has 0 spiro atoms. The minimum Gasteiger partial charge on any atom is -0.284 e. The Hall–Kier alpha value is -3.53. The van der Waals surface area contributed by atoms with Gasteiger partial charge in [-0.05, 0) is 53.0 Å². The molecule has 0 bridgehead atoms. The molecule has 0 fully saturated rings. The molecule has 0 saturated heterocycles. The normalized spacial score (nSPS) is 14.2. The van der Waals surface area contributed by atoms with E-state index in [9.17, 15) is 12.8 Å². The Morgan fingerprint density at radius 1 is 1.00 bits per heavy atom. The van der Waals surface area contributed by atoms with Gasteiger partial charge in [-0.2, -0.15) is 5.11 Å². The number of anilines is 1. The zero-order valence-electron chi connectivity index (χ0n) is 17.3. The summed E-state index contributed by atoms with van der Waals surface area (Å²) in [5.74, 6) is 0.368. The average Bonchev–Trinajstić information content (AvgIpc) is 3.30. The predicted octanol–water partition coefficient (Wildman–Crippen LogP) is 3.73. The van der Waals surface area contributed by atoms with Crippen LogP contribution in [0.2, 0.25) is 0 Å². The molecule has 4 rings (SSSR count). The number of hydrogen-bond donors (Lipinski definition) is 1. The monoisotopic (exact) mass is 452 g/mol. The lowest BCUT2D eigenvalue weighted by molar-refractivity contribution is 0.606. The molecule has 0 aliphatic carbocycles. The van der Waals surface area contributed by atoms with Gasteiger partial charge in [-0.3, -0.25) is 4.72 Å². The van der Waals surface area contributed by atoms with Crippen LogP contribution in [0.25, 0.3) is 0 Å². The number of halogens is 1. The van der Waals surface area contributed by atoms with Gasteiger partial charge < -0.3 is 0 Å². The standard InChI is InChI=1S/C22H21FN6O2S/c1-32(30,31)28-20-8-2-15(3-9-20)10-17(16-4-6-19(23)7-5-16)11-22-24-12-18(13-25-22)21-14-26-29-27-21/h2-9,12-13,17,28H,10-11,14H2,1H3. The molecule has 2 heterocycles. The number of nitrogens with one attached hydrogen (secondary N) is 1. The van der Waals surface area contributed by atoms with E-state index >= 15 is 0 Å². The van der Waals surface area contributed by atoms with E-state index in [0.29, 0.717) is 30.9 Å². The van der Waals surface area contributed by atoms with Crippen LogP contribution < -0.4 is 4.72 Å². The molecule has 1 aliphatic rings. The van der Waals surface area contributed by atoms with Gasteiger partial charge in [0.15, 0.2) is 0 Å². The Morgan fingerprint density at radius 3 is 2.28 bits per heavy atom. The highest BCUT2D eigenvalue weighted by atomic mass is 32.2. The van der Waals surface area contributed by atoms with E-state index < -0.39 is 10.0 Å². The van der Waals surface area contributed by atoms with Crippen LogP contribution in [-0.2, 0) is 22.9 Å². The number of hydrogen-bond acceptors (Lipinski definition) is 7. The van der Waals surface area contributed by atoms with Crippen molar-refractivity contribution >= 4 is 21.4 Å². The maximum absolute atomic E-state index is 13.5. The summed E-state index contributed by atoms with van der Waals surface area (Å²) in [5.41, 5.74) is 4.00. The second-order valence-corrected chi connectivity index (χ2v) is 9.30. The molecule has 0 saturated carbocycles. The largest absolute Gasteiger partial charge is 0.284 e. The van der Waals surface area contributed by atoms with Crippen molar-refractivity contribution in [2.24, 2.45) is 15.4 Å². The summed E-state index contributed by atoms with van der Waals surface area (Å²) in [7, 11) is -3.33. The summed E-state index contributed by atoms with van der Waals surface area (Å²) >= 11 is 0. The molecule has 0 radical (unpaired) electrons. The maximum Gasteiger partial charge on any atom is 0.229 e. The van der Waals surface area contributed by atoms with Crippen LogP contribution in [0, 0.1) is 5.82 Å². The van der Waals surface area contributed by atoms with Gasteiger partial charge in [0.25, 0.3) is 0 Å². The van der Waals surface area contributed by atoms with E-state index in [1.807, 2.05) is 12.1 Å². The van der Waals surface area contributed by atoms with Gasteiger partial charge in [-0.15, -0.1) is 5.10 Å². The van der Waals surface area contributed by atoms with E-state index in [-0.39, 0.29) is 11.7 Å². The average molecular weight is 453 g/mol. The summed E-state index contributed by atoms with van der Waals surface area (Å²) < 4.78 is 38.8. The van der Waals surface area contributed by atoms with Crippen LogP contribution in [0.4, 0.5) is 10.1 Å². The van der Waals surface area contributed by atoms with Crippen LogP contribution >= 0.6 is 0 Å². The molecule has 164 valence electrons. The van der Waals surface area contributed by atoms with Gasteiger partial charge in [0.05, 0.1) is 12.0 Å². The van der Waals surface area contributed by atoms with Gasteiger partial charge in [0.1, 0.15) is 18.2 Å². The van der Waals surface area contributed by atoms with Gasteiger partial charge in [0, 0.05) is 30.1 Å². The number of sulfonamides is 1. The second-order valence-electron chi connectivity index (χ2n) is 7.55. The SMILES string of the molecule is CS(=O)(=O)Nc1ccc(CC(Cc2ncc(C3=NN=NC3)cn2)c2ccc(F)cc2)cc1. The van der Waals surface area contributed by atoms with Crippen molar-refractivity contribution in [1.29, 1.82) is 0 Å². The minimum atomic E-state index is -3.33. The van der Waals surface area contributed by atoms with Crippen molar-refractivity contribution in [1.82, 2.24) is 9.97 Å². The highest BCUT2D eigenvalue weighted by Crippen LogP contribution is 2.25. The van der Waals surface area contributed by atoms with E-state index in [1.54, 1.807) is 36.7 Å². The number of rotatable bonds is 8. The summed E-state index contributed by atoms with van der Waals surface area (Å²) in [6.45, 7) is 0.422. The first kappa shape index (κ1) is 21.7. The molecule has 10 heteroatoms. The molecule has 1 unspecified atom stereocenters. The first-order valence-corrected chi connectivity index (χ1v) is 11.8. The van der Waals surface area contributed by atoms with Crippen molar-refractivity contribution in [3.8, 4) is 0 Å². The smallest absolute Gasteiger partial charge is 0.229 e. The van der Waals surface area contributed by atoms with Crippen molar-refractivity contribution < 1.29 is 12.8 Å². The lowest BCUT2D eigenvalue weighted by Gasteiger charge is -2.17. The molecule has 1 atom stereocenters. The van der Waals surface area contributed by atoms with Crippen LogP contribution in [0.15, 0.2) is 76.4 Å². The number of nitrogens with zero attached hydrogens (tertiary/aromatic N) is 5. The molecule has 8 nitrogen and oxygen atoms in total. The fourth-order valence-corrected chi connectivity index (χ4v) is 4.01. The minimum absolute atomic E-state index is 0.00369. The first-order valence-electron chi connectivity index (χ1n) is 9.92. The Balaban J connectivity index is 1.53. The molecule has 1 aromatic heterocycles. The number of aromatic nitrogens is 2. The van der Waals surface area contributed by atoms with Crippen molar-refractivity contribution in [3.63, 3.8) is 0 Å². The zero-order valence-corrected chi connectivity index (χ0v) is 18.1. The van der Waals surface area contributed by atoms with Crippen molar-refractivity contribution in [3.05, 3.63) is 89.3 Å². The zero-order chi connectivity index (χ0) is 22.6. The first-order chi connectivity index (χ1) is 15.4. The quantitative estimate of drug-likeness (QED) is 0.562. The Kier molecular flexibility index (Phi) is 6.31. The van der Waals surface area contributed by atoms with Gasteiger partial charge in [0.2, 0.25) is 10.0 Å². The predicted molar refractivity (Wildman–Crippen MR) is 120 cm³/mol. The van der Waals surface area contributed by atoms with Gasteiger partial charge >= 0.3 is 0 Å². The van der Waals surface area contributed by atoms with Crippen LogP contribution in [0.5, 0.6) is 0 Å². The van der Waals surface area contributed by atoms with E-state index in [1.165, 1.54) is 12.1 Å². The Morgan fingerprint density at radius 2 is 1.69 bits per heavy atom. The topological polar surface area (TPSA) is 109 Å². The van der Waals surface area contributed by atoms with Gasteiger partial charge in [-0.25, -0.2) is 22.8 Å². The molecule has 3 aromatic rings. The third-order valence-corrected chi connectivity index (χ3v) is 5.60. The fraction of sp³-hybridized carbons (Fsp3) is 0.227. The second kappa shape index (κ2) is 9.31. The van der Waals surface area contributed by atoms with E-state index in [4.69, 9.17) is 0 Å². The van der Waals surface area contributed by atoms with Gasteiger partial charge in [-0.1, -0.05) is 24.3 Å². The lowest BCUT2D eigenvalue weighted by atomic mass is 9.89.